The van der Waals surface area contributed by atoms with Crippen LogP contribution in [0.4, 0.5) is 5.82 Å². The third-order valence-electron chi connectivity index (χ3n) is 3.90. The number of anilines is 1. The lowest BCUT2D eigenvalue weighted by Gasteiger charge is -2.09. The van der Waals surface area contributed by atoms with Crippen LogP contribution in [-0.4, -0.2) is 40.9 Å². The topological polar surface area (TPSA) is 85.2 Å². The Kier molecular flexibility index (Phi) is 4.90. The van der Waals surface area contributed by atoms with Gasteiger partial charge in [-0.15, -0.1) is 0 Å². The Morgan fingerprint density at radius 2 is 2.08 bits per heavy atom. The zero-order valence-electron chi connectivity index (χ0n) is 13.5. The third kappa shape index (κ3) is 3.80. The first-order valence-corrected chi connectivity index (χ1v) is 7.94. The molecule has 2 amide bonds. The lowest BCUT2D eigenvalue weighted by molar-refractivity contribution is 0.0853. The Morgan fingerprint density at radius 1 is 1.29 bits per heavy atom. The van der Waals surface area contributed by atoms with Crippen molar-refractivity contribution in [3.8, 4) is 0 Å². The second-order valence-electron chi connectivity index (χ2n) is 5.70. The summed E-state index contributed by atoms with van der Waals surface area (Å²) in [6.45, 7) is 1.22. The smallest absolute Gasteiger partial charge is 0.271 e. The maximum Gasteiger partial charge on any atom is 0.271 e. The fourth-order valence-electron chi connectivity index (χ4n) is 2.58. The van der Waals surface area contributed by atoms with Crippen LogP contribution in [0, 0.1) is 0 Å². The van der Waals surface area contributed by atoms with E-state index in [-0.39, 0.29) is 23.6 Å². The summed E-state index contributed by atoms with van der Waals surface area (Å²) >= 11 is 0. The second kappa shape index (κ2) is 7.27. The minimum absolute atomic E-state index is 0.0786. The van der Waals surface area contributed by atoms with Crippen LogP contribution in [-0.2, 0) is 11.8 Å². The van der Waals surface area contributed by atoms with Crippen molar-refractivity contribution in [1.29, 1.82) is 0 Å². The van der Waals surface area contributed by atoms with Gasteiger partial charge in [0.1, 0.15) is 5.82 Å². The molecule has 0 spiro atoms. The van der Waals surface area contributed by atoms with E-state index in [1.807, 2.05) is 6.07 Å². The van der Waals surface area contributed by atoms with Crippen molar-refractivity contribution in [3.05, 3.63) is 47.7 Å². The number of amides is 2. The summed E-state index contributed by atoms with van der Waals surface area (Å²) < 4.78 is 6.95. The largest absolute Gasteiger partial charge is 0.376 e. The number of carbonyl (C=O) groups is 2. The Hall–Kier alpha value is -2.67. The zero-order valence-corrected chi connectivity index (χ0v) is 13.5. The minimum atomic E-state index is -0.277. The summed E-state index contributed by atoms with van der Waals surface area (Å²) in [5.41, 5.74) is 0.807. The van der Waals surface area contributed by atoms with Gasteiger partial charge in [-0.05, 0) is 25.0 Å². The number of nitrogens with zero attached hydrogens (tertiary/aromatic N) is 2. The van der Waals surface area contributed by atoms with E-state index >= 15 is 0 Å². The molecule has 1 unspecified atom stereocenters. The third-order valence-corrected chi connectivity index (χ3v) is 3.90. The number of nitrogens with one attached hydrogen (secondary N) is 2. The number of carbonyl (C=O) groups excluding carboxylic acids is 2. The summed E-state index contributed by atoms with van der Waals surface area (Å²) in [4.78, 5) is 24.3. The molecular formula is C17H20N4O3. The zero-order chi connectivity index (χ0) is 16.9. The quantitative estimate of drug-likeness (QED) is 0.873. The van der Waals surface area contributed by atoms with Crippen molar-refractivity contribution < 1.29 is 14.3 Å². The van der Waals surface area contributed by atoms with E-state index in [0.717, 1.165) is 19.4 Å². The average Bonchev–Trinajstić information content (AvgIpc) is 3.24. The maximum absolute atomic E-state index is 12.2. The van der Waals surface area contributed by atoms with Gasteiger partial charge in [0.2, 0.25) is 0 Å². The van der Waals surface area contributed by atoms with E-state index < -0.39 is 0 Å². The molecule has 2 N–H and O–H groups in total. The molecule has 7 nitrogen and oxygen atoms in total. The highest BCUT2D eigenvalue weighted by Gasteiger charge is 2.19. The molecule has 1 saturated heterocycles. The monoisotopic (exact) mass is 328 g/mol. The molecular weight excluding hydrogens is 308 g/mol. The first-order chi connectivity index (χ1) is 11.6. The Morgan fingerprint density at radius 3 is 2.79 bits per heavy atom. The van der Waals surface area contributed by atoms with Crippen molar-refractivity contribution in [2.75, 3.05) is 18.5 Å². The van der Waals surface area contributed by atoms with E-state index in [4.69, 9.17) is 4.74 Å². The standard InChI is InChI=1S/C17H20N4O3/c1-21-15(19-16(22)12-6-3-2-4-7-12)10-14(20-21)17(23)18-11-13-8-5-9-24-13/h2-4,6-7,10,13H,5,8-9,11H2,1H3,(H,18,23)(H,19,22). The van der Waals surface area contributed by atoms with E-state index in [1.54, 1.807) is 37.4 Å². The molecule has 1 aliphatic heterocycles. The van der Waals surface area contributed by atoms with Gasteiger partial charge < -0.3 is 15.4 Å². The number of aromatic nitrogens is 2. The van der Waals surface area contributed by atoms with Crippen molar-refractivity contribution in [2.45, 2.75) is 18.9 Å². The Labute approximate surface area is 140 Å². The summed E-state index contributed by atoms with van der Waals surface area (Å²) in [6.07, 6.45) is 2.07. The first kappa shape index (κ1) is 16.2. The van der Waals surface area contributed by atoms with Crippen molar-refractivity contribution in [2.24, 2.45) is 7.05 Å². The van der Waals surface area contributed by atoms with Crippen LogP contribution in [0.25, 0.3) is 0 Å². The van der Waals surface area contributed by atoms with Crippen LogP contribution in [0.5, 0.6) is 0 Å². The number of ether oxygens (including phenoxy) is 1. The summed E-state index contributed by atoms with van der Waals surface area (Å²) in [6, 6.07) is 10.4. The van der Waals surface area contributed by atoms with Gasteiger partial charge >= 0.3 is 0 Å². The molecule has 2 aromatic rings. The summed E-state index contributed by atoms with van der Waals surface area (Å²) in [5.74, 6) is -0.0580. The van der Waals surface area contributed by atoms with Crippen LogP contribution in [0.1, 0.15) is 33.7 Å². The molecule has 126 valence electrons. The van der Waals surface area contributed by atoms with Crippen molar-refractivity contribution in [3.63, 3.8) is 0 Å². The predicted molar refractivity (Wildman–Crippen MR) is 88.9 cm³/mol. The second-order valence-corrected chi connectivity index (χ2v) is 5.70. The van der Waals surface area contributed by atoms with Crippen molar-refractivity contribution in [1.82, 2.24) is 15.1 Å². The molecule has 2 heterocycles. The molecule has 1 fully saturated rings. The predicted octanol–water partition coefficient (Wildman–Crippen LogP) is 1.58. The molecule has 0 saturated carbocycles. The van der Waals surface area contributed by atoms with Crippen molar-refractivity contribution >= 4 is 17.6 Å². The summed E-state index contributed by atoms with van der Waals surface area (Å²) in [5, 5.41) is 9.72. The maximum atomic E-state index is 12.2. The highest BCUT2D eigenvalue weighted by molar-refractivity contribution is 6.04. The van der Waals surface area contributed by atoms with Gasteiger partial charge in [-0.3, -0.25) is 14.3 Å². The highest BCUT2D eigenvalue weighted by Crippen LogP contribution is 2.13. The number of aryl methyl sites for hydroxylation is 1. The summed E-state index contributed by atoms with van der Waals surface area (Å²) in [7, 11) is 1.68. The van der Waals surface area contributed by atoms with Crippen LogP contribution < -0.4 is 10.6 Å². The molecule has 7 heteroatoms. The molecule has 1 aliphatic rings. The van der Waals surface area contributed by atoms with E-state index in [0.29, 0.717) is 17.9 Å². The Bertz CT molecular complexity index is 721. The highest BCUT2D eigenvalue weighted by atomic mass is 16.5. The molecule has 0 aliphatic carbocycles. The van der Waals surface area contributed by atoms with Crippen LogP contribution >= 0.6 is 0 Å². The molecule has 3 rings (SSSR count). The van der Waals surface area contributed by atoms with Crippen LogP contribution in [0.3, 0.4) is 0 Å². The van der Waals surface area contributed by atoms with Crippen LogP contribution in [0.2, 0.25) is 0 Å². The fourth-order valence-corrected chi connectivity index (χ4v) is 2.58. The SMILES string of the molecule is Cn1nc(C(=O)NCC2CCCO2)cc1NC(=O)c1ccccc1. The van der Waals surface area contributed by atoms with Gasteiger partial charge in [-0.1, -0.05) is 18.2 Å². The van der Waals surface area contributed by atoms with Gasteiger partial charge in [0.15, 0.2) is 5.69 Å². The molecule has 24 heavy (non-hydrogen) atoms. The Balaban J connectivity index is 1.61. The first-order valence-electron chi connectivity index (χ1n) is 7.94. The number of hydrogen-bond acceptors (Lipinski definition) is 4. The number of benzene rings is 1. The molecule has 1 aromatic carbocycles. The van der Waals surface area contributed by atoms with Gasteiger partial charge in [-0.2, -0.15) is 5.10 Å². The van der Waals surface area contributed by atoms with Gasteiger partial charge in [-0.25, -0.2) is 0 Å². The van der Waals surface area contributed by atoms with E-state index in [1.165, 1.54) is 4.68 Å². The van der Waals surface area contributed by atoms with Gasteiger partial charge in [0, 0.05) is 31.8 Å². The van der Waals surface area contributed by atoms with Gasteiger partial charge in [0.05, 0.1) is 6.10 Å². The fraction of sp³-hybridized carbons (Fsp3) is 0.353. The molecule has 0 bridgehead atoms. The van der Waals surface area contributed by atoms with Gasteiger partial charge in [0.25, 0.3) is 11.8 Å². The van der Waals surface area contributed by atoms with Crippen LogP contribution in [0.15, 0.2) is 36.4 Å². The van der Waals surface area contributed by atoms with E-state index in [2.05, 4.69) is 15.7 Å². The lowest BCUT2D eigenvalue weighted by atomic mass is 10.2. The minimum Gasteiger partial charge on any atom is -0.376 e. The van der Waals surface area contributed by atoms with E-state index in [9.17, 15) is 9.59 Å². The lowest BCUT2D eigenvalue weighted by Crippen LogP contribution is -2.32. The molecule has 0 radical (unpaired) electrons. The number of hydrogen-bond donors (Lipinski definition) is 2. The average molecular weight is 328 g/mol. The molecule has 1 aromatic heterocycles. The normalized spacial score (nSPS) is 16.8. The number of rotatable bonds is 5. The molecule has 1 atom stereocenters.